The van der Waals surface area contributed by atoms with Crippen LogP contribution in [0.4, 0.5) is 11.4 Å². The van der Waals surface area contributed by atoms with E-state index in [1.165, 1.54) is 22.6 Å². The topological polar surface area (TPSA) is 95.6 Å². The van der Waals surface area contributed by atoms with Crippen LogP contribution in [0, 0.1) is 13.8 Å². The Labute approximate surface area is 168 Å². The Morgan fingerprint density at radius 1 is 1.14 bits per heavy atom. The third kappa shape index (κ3) is 4.26. The second-order valence-electron chi connectivity index (χ2n) is 6.84. The molecule has 0 aliphatic carbocycles. The fourth-order valence-corrected chi connectivity index (χ4v) is 6.32. The summed E-state index contributed by atoms with van der Waals surface area (Å²) in [7, 11) is -3.69. The van der Waals surface area contributed by atoms with Crippen molar-refractivity contribution in [2.45, 2.75) is 43.9 Å². The van der Waals surface area contributed by atoms with Gasteiger partial charge in [0.1, 0.15) is 10.3 Å². The van der Waals surface area contributed by atoms with Crippen molar-refractivity contribution in [1.29, 1.82) is 0 Å². The number of sulfonamides is 1. The van der Waals surface area contributed by atoms with E-state index in [9.17, 15) is 18.0 Å². The summed E-state index contributed by atoms with van der Waals surface area (Å²) in [4.78, 5) is 24.9. The zero-order valence-electron chi connectivity index (χ0n) is 16.0. The van der Waals surface area contributed by atoms with Crippen molar-refractivity contribution in [3.05, 3.63) is 40.8 Å². The number of carbonyl (C=O) groups is 2. The molecule has 1 aromatic carbocycles. The molecule has 7 nitrogen and oxygen atoms in total. The predicted octanol–water partition coefficient (Wildman–Crippen LogP) is 3.12. The van der Waals surface area contributed by atoms with Crippen LogP contribution < -0.4 is 10.6 Å². The molecule has 1 fully saturated rings. The lowest BCUT2D eigenvalue weighted by Crippen LogP contribution is -2.42. The van der Waals surface area contributed by atoms with E-state index in [1.54, 1.807) is 30.3 Å². The number of hydrogen-bond acceptors (Lipinski definition) is 5. The summed E-state index contributed by atoms with van der Waals surface area (Å²) in [6, 6.07) is 7.77. The summed E-state index contributed by atoms with van der Waals surface area (Å²) in [5.41, 5.74) is 2.04. The third-order valence-electron chi connectivity index (χ3n) is 4.59. The number of benzene rings is 1. The molecule has 1 aromatic heterocycles. The number of anilines is 2. The molecule has 2 N–H and O–H groups in total. The van der Waals surface area contributed by atoms with Crippen molar-refractivity contribution in [3.8, 4) is 0 Å². The fraction of sp³-hybridized carbons (Fsp3) is 0.368. The molecule has 28 heavy (non-hydrogen) atoms. The summed E-state index contributed by atoms with van der Waals surface area (Å²) in [6.07, 6.45) is 1.13. The minimum Gasteiger partial charge on any atom is -0.326 e. The van der Waals surface area contributed by atoms with Gasteiger partial charge in [0, 0.05) is 29.7 Å². The smallest absolute Gasteiger partial charge is 0.253 e. The van der Waals surface area contributed by atoms with Crippen molar-refractivity contribution in [3.63, 3.8) is 0 Å². The van der Waals surface area contributed by atoms with E-state index in [2.05, 4.69) is 10.6 Å². The first-order chi connectivity index (χ1) is 13.2. The van der Waals surface area contributed by atoms with Gasteiger partial charge in [-0.25, -0.2) is 8.42 Å². The molecule has 1 aliphatic heterocycles. The van der Waals surface area contributed by atoms with Gasteiger partial charge in [-0.1, -0.05) is 0 Å². The maximum Gasteiger partial charge on any atom is 0.253 e. The van der Waals surface area contributed by atoms with E-state index < -0.39 is 16.1 Å². The molecule has 3 rings (SSSR count). The molecule has 0 spiro atoms. The van der Waals surface area contributed by atoms with Gasteiger partial charge in [-0.15, -0.1) is 11.3 Å². The van der Waals surface area contributed by atoms with Crippen LogP contribution in [0.2, 0.25) is 0 Å². The van der Waals surface area contributed by atoms with Gasteiger partial charge in [-0.2, -0.15) is 4.31 Å². The first kappa shape index (κ1) is 20.5. The van der Waals surface area contributed by atoms with Gasteiger partial charge in [0.2, 0.25) is 11.8 Å². The summed E-state index contributed by atoms with van der Waals surface area (Å²) in [6.45, 7) is 5.44. The summed E-state index contributed by atoms with van der Waals surface area (Å²) < 4.78 is 27.4. The summed E-state index contributed by atoms with van der Waals surface area (Å²) in [5.74, 6) is -0.517. The maximum absolute atomic E-state index is 12.9. The molecule has 9 heteroatoms. The first-order valence-electron chi connectivity index (χ1n) is 8.96. The van der Waals surface area contributed by atoms with Gasteiger partial charge in [0.15, 0.2) is 0 Å². The van der Waals surface area contributed by atoms with Gasteiger partial charge in [-0.3, -0.25) is 9.59 Å². The summed E-state index contributed by atoms with van der Waals surface area (Å²) >= 11 is 1.21. The quantitative estimate of drug-likeness (QED) is 0.775. The zero-order chi connectivity index (χ0) is 20.5. The predicted molar refractivity (Wildman–Crippen MR) is 110 cm³/mol. The molecule has 0 bridgehead atoms. The molecule has 2 amide bonds. The third-order valence-corrected chi connectivity index (χ3v) is 7.97. The Bertz CT molecular complexity index is 1010. The molecule has 1 saturated heterocycles. The van der Waals surface area contributed by atoms with E-state index in [0.717, 1.165) is 10.4 Å². The molecule has 1 aliphatic rings. The van der Waals surface area contributed by atoms with Crippen molar-refractivity contribution in [2.75, 3.05) is 17.2 Å². The van der Waals surface area contributed by atoms with Crippen LogP contribution in [0.1, 0.15) is 30.2 Å². The van der Waals surface area contributed by atoms with Crippen LogP contribution in [-0.4, -0.2) is 37.1 Å². The average Bonchev–Trinajstić information content (AvgIpc) is 3.26. The Kier molecular flexibility index (Phi) is 5.87. The molecular formula is C19H23N3O4S2. The van der Waals surface area contributed by atoms with E-state index in [4.69, 9.17) is 0 Å². The molecule has 2 heterocycles. The Hall–Kier alpha value is -2.23. The fourth-order valence-electron chi connectivity index (χ4n) is 3.25. The number of nitrogens with zero attached hydrogens (tertiary/aromatic N) is 1. The molecule has 0 unspecified atom stereocenters. The van der Waals surface area contributed by atoms with Crippen molar-refractivity contribution < 1.29 is 18.0 Å². The molecule has 2 aromatic rings. The van der Waals surface area contributed by atoms with Gasteiger partial charge in [0.25, 0.3) is 10.0 Å². The number of hydrogen-bond donors (Lipinski definition) is 2. The Morgan fingerprint density at radius 2 is 1.89 bits per heavy atom. The second kappa shape index (κ2) is 8.02. The number of thiophene rings is 1. The highest BCUT2D eigenvalue weighted by Crippen LogP contribution is 2.31. The molecule has 0 radical (unpaired) electrons. The van der Waals surface area contributed by atoms with E-state index >= 15 is 0 Å². The minimum absolute atomic E-state index is 0.171. The highest BCUT2D eigenvalue weighted by atomic mass is 32.2. The monoisotopic (exact) mass is 421 g/mol. The van der Waals surface area contributed by atoms with Gasteiger partial charge < -0.3 is 10.6 Å². The van der Waals surface area contributed by atoms with Crippen LogP contribution in [0.15, 0.2) is 34.5 Å². The Balaban J connectivity index is 1.76. The molecule has 1 atom stereocenters. The summed E-state index contributed by atoms with van der Waals surface area (Å²) in [5, 5.41) is 5.53. The van der Waals surface area contributed by atoms with Crippen LogP contribution in [0.25, 0.3) is 0 Å². The second-order valence-corrected chi connectivity index (χ2v) is 10.2. The number of rotatable bonds is 5. The number of amides is 2. The maximum atomic E-state index is 12.9. The molecule has 0 saturated carbocycles. The number of aryl methyl sites for hydroxylation is 2. The van der Waals surface area contributed by atoms with Crippen LogP contribution in [0.5, 0.6) is 0 Å². The van der Waals surface area contributed by atoms with Crippen LogP contribution >= 0.6 is 11.3 Å². The van der Waals surface area contributed by atoms with Crippen molar-refractivity contribution in [2.24, 2.45) is 0 Å². The largest absolute Gasteiger partial charge is 0.326 e. The normalized spacial score (nSPS) is 17.5. The van der Waals surface area contributed by atoms with E-state index in [0.29, 0.717) is 30.8 Å². The van der Waals surface area contributed by atoms with E-state index in [-0.39, 0.29) is 16.0 Å². The Morgan fingerprint density at radius 3 is 2.50 bits per heavy atom. The highest BCUT2D eigenvalue weighted by Gasteiger charge is 2.40. The number of carbonyl (C=O) groups excluding carboxylic acids is 2. The highest BCUT2D eigenvalue weighted by molar-refractivity contribution is 7.91. The minimum atomic E-state index is -3.69. The van der Waals surface area contributed by atoms with Gasteiger partial charge in [0.05, 0.1) is 0 Å². The van der Waals surface area contributed by atoms with Crippen molar-refractivity contribution >= 4 is 44.5 Å². The van der Waals surface area contributed by atoms with Crippen LogP contribution in [-0.2, 0) is 19.6 Å². The zero-order valence-corrected chi connectivity index (χ0v) is 17.6. The number of nitrogens with one attached hydrogen (secondary N) is 2. The first-order valence-corrected chi connectivity index (χ1v) is 11.2. The SMILES string of the molecule is CC(=O)Nc1ccc(NC(=O)[C@@H]2CCCN2S(=O)(=O)c2ccc(C)s2)cc1C. The van der Waals surface area contributed by atoms with Crippen molar-refractivity contribution in [1.82, 2.24) is 4.31 Å². The lowest BCUT2D eigenvalue weighted by molar-refractivity contribution is -0.119. The average molecular weight is 422 g/mol. The van der Waals surface area contributed by atoms with Gasteiger partial charge in [-0.05, 0) is 62.6 Å². The molecular weight excluding hydrogens is 398 g/mol. The standard InChI is InChI=1S/C19H23N3O4S2/c1-12-11-15(7-8-16(12)20-14(3)23)21-19(24)17-5-4-10-22(17)28(25,26)18-9-6-13(2)27-18/h6-9,11,17H,4-5,10H2,1-3H3,(H,20,23)(H,21,24)/t17-/m0/s1. The van der Waals surface area contributed by atoms with E-state index in [1.807, 2.05) is 13.8 Å². The van der Waals surface area contributed by atoms with Crippen LogP contribution in [0.3, 0.4) is 0 Å². The lowest BCUT2D eigenvalue weighted by Gasteiger charge is -2.23. The van der Waals surface area contributed by atoms with Gasteiger partial charge >= 0.3 is 0 Å². The molecule has 150 valence electrons. The lowest BCUT2D eigenvalue weighted by atomic mass is 10.1.